The van der Waals surface area contributed by atoms with E-state index in [4.69, 9.17) is 0 Å². The normalized spacial score (nSPS) is 16.3. The Morgan fingerprint density at radius 3 is 3.12 bits per heavy atom. The number of likely N-dealkylation sites (tertiary alicyclic amines) is 1. The maximum Gasteiger partial charge on any atom is 0.222 e. The first-order valence-electron chi connectivity index (χ1n) is 5.70. The van der Waals surface area contributed by atoms with Gasteiger partial charge >= 0.3 is 0 Å². The molecule has 2 rings (SSSR count). The van der Waals surface area contributed by atoms with Crippen LogP contribution in [0.3, 0.4) is 0 Å². The standard InChI is InChI=1S/C12H17N3O/c1-13-11-8-10(5-6-14-11)9-15-7-3-2-4-12(15)16/h5-6,8H,2-4,7,9H2,1H3,(H,13,14). The predicted molar refractivity (Wildman–Crippen MR) is 63.1 cm³/mol. The lowest BCUT2D eigenvalue weighted by Crippen LogP contribution is -2.34. The Balaban J connectivity index is 2.04. The molecule has 2 heterocycles. The molecule has 1 fully saturated rings. The molecule has 4 nitrogen and oxygen atoms in total. The number of rotatable bonds is 3. The average molecular weight is 219 g/mol. The first-order valence-corrected chi connectivity index (χ1v) is 5.70. The molecule has 1 aromatic heterocycles. The smallest absolute Gasteiger partial charge is 0.222 e. The van der Waals surface area contributed by atoms with Gasteiger partial charge in [0.25, 0.3) is 0 Å². The monoisotopic (exact) mass is 219 g/mol. The molecule has 1 amide bonds. The van der Waals surface area contributed by atoms with E-state index in [2.05, 4.69) is 10.3 Å². The van der Waals surface area contributed by atoms with Gasteiger partial charge in [-0.2, -0.15) is 0 Å². The van der Waals surface area contributed by atoms with E-state index in [0.717, 1.165) is 30.8 Å². The van der Waals surface area contributed by atoms with Gasteiger partial charge in [-0.15, -0.1) is 0 Å². The second-order valence-corrected chi connectivity index (χ2v) is 4.07. The van der Waals surface area contributed by atoms with E-state index in [9.17, 15) is 4.79 Å². The summed E-state index contributed by atoms with van der Waals surface area (Å²) in [6.07, 6.45) is 4.63. The van der Waals surface area contributed by atoms with Gasteiger partial charge in [0, 0.05) is 32.8 Å². The highest BCUT2D eigenvalue weighted by Crippen LogP contribution is 2.15. The van der Waals surface area contributed by atoms with Crippen molar-refractivity contribution in [2.75, 3.05) is 18.9 Å². The highest BCUT2D eigenvalue weighted by atomic mass is 16.2. The zero-order valence-corrected chi connectivity index (χ0v) is 9.57. The van der Waals surface area contributed by atoms with Crippen LogP contribution >= 0.6 is 0 Å². The van der Waals surface area contributed by atoms with Crippen LogP contribution in [0.15, 0.2) is 18.3 Å². The number of carbonyl (C=O) groups is 1. The van der Waals surface area contributed by atoms with Crippen LogP contribution in [0.5, 0.6) is 0 Å². The lowest BCUT2D eigenvalue weighted by molar-refractivity contribution is -0.133. The number of hydrogen-bond acceptors (Lipinski definition) is 3. The Kier molecular flexibility index (Phi) is 3.39. The van der Waals surface area contributed by atoms with Crippen LogP contribution < -0.4 is 5.32 Å². The molecule has 4 heteroatoms. The minimum atomic E-state index is 0.272. The zero-order valence-electron chi connectivity index (χ0n) is 9.57. The molecule has 16 heavy (non-hydrogen) atoms. The highest BCUT2D eigenvalue weighted by Gasteiger charge is 2.17. The van der Waals surface area contributed by atoms with Crippen molar-refractivity contribution in [2.45, 2.75) is 25.8 Å². The van der Waals surface area contributed by atoms with Crippen LogP contribution in [-0.4, -0.2) is 29.4 Å². The van der Waals surface area contributed by atoms with Crippen LogP contribution in [-0.2, 0) is 11.3 Å². The number of hydrogen-bond donors (Lipinski definition) is 1. The summed E-state index contributed by atoms with van der Waals surface area (Å²) in [6.45, 7) is 1.59. The molecule has 0 radical (unpaired) electrons. The average Bonchev–Trinajstić information content (AvgIpc) is 2.32. The Bertz CT molecular complexity index is 378. The fourth-order valence-electron chi connectivity index (χ4n) is 1.96. The second-order valence-electron chi connectivity index (χ2n) is 4.07. The summed E-state index contributed by atoms with van der Waals surface area (Å²) < 4.78 is 0. The number of piperidine rings is 1. The van der Waals surface area contributed by atoms with Gasteiger partial charge in [-0.05, 0) is 30.5 Å². The van der Waals surface area contributed by atoms with Crippen molar-refractivity contribution in [3.05, 3.63) is 23.9 Å². The Labute approximate surface area is 95.7 Å². The summed E-state index contributed by atoms with van der Waals surface area (Å²) in [5.41, 5.74) is 1.13. The van der Waals surface area contributed by atoms with E-state index in [1.165, 1.54) is 0 Å². The summed E-state index contributed by atoms with van der Waals surface area (Å²) in [5.74, 6) is 1.12. The molecule has 1 N–H and O–H groups in total. The fourth-order valence-corrected chi connectivity index (χ4v) is 1.96. The molecule has 0 unspecified atom stereocenters. The molecule has 0 aromatic carbocycles. The van der Waals surface area contributed by atoms with E-state index in [0.29, 0.717) is 13.0 Å². The fraction of sp³-hybridized carbons (Fsp3) is 0.500. The summed E-state index contributed by atoms with van der Waals surface area (Å²) in [7, 11) is 1.85. The van der Waals surface area contributed by atoms with Crippen LogP contribution in [0, 0.1) is 0 Å². The second kappa shape index (κ2) is 4.96. The van der Waals surface area contributed by atoms with Crippen molar-refractivity contribution >= 4 is 11.7 Å². The number of anilines is 1. The SMILES string of the molecule is CNc1cc(CN2CCCCC2=O)ccn1. The van der Waals surface area contributed by atoms with Crippen molar-refractivity contribution in [2.24, 2.45) is 0 Å². The van der Waals surface area contributed by atoms with Gasteiger partial charge in [0.2, 0.25) is 5.91 Å². The minimum absolute atomic E-state index is 0.272. The zero-order chi connectivity index (χ0) is 11.4. The van der Waals surface area contributed by atoms with Crippen molar-refractivity contribution < 1.29 is 4.79 Å². The Morgan fingerprint density at radius 2 is 2.38 bits per heavy atom. The molecule has 0 aliphatic carbocycles. The van der Waals surface area contributed by atoms with E-state index >= 15 is 0 Å². The molecule has 0 spiro atoms. The van der Waals surface area contributed by atoms with E-state index < -0.39 is 0 Å². The van der Waals surface area contributed by atoms with Crippen molar-refractivity contribution in [3.8, 4) is 0 Å². The number of nitrogens with zero attached hydrogens (tertiary/aromatic N) is 2. The van der Waals surface area contributed by atoms with Gasteiger partial charge in [-0.1, -0.05) is 0 Å². The number of pyridine rings is 1. The maximum atomic E-state index is 11.6. The van der Waals surface area contributed by atoms with Crippen molar-refractivity contribution in [3.63, 3.8) is 0 Å². The molecule has 1 aliphatic heterocycles. The van der Waals surface area contributed by atoms with Gasteiger partial charge in [-0.25, -0.2) is 4.98 Å². The molecule has 1 aromatic rings. The van der Waals surface area contributed by atoms with Gasteiger partial charge in [-0.3, -0.25) is 4.79 Å². The molecule has 0 bridgehead atoms. The minimum Gasteiger partial charge on any atom is -0.373 e. The van der Waals surface area contributed by atoms with Gasteiger partial charge < -0.3 is 10.2 Å². The highest BCUT2D eigenvalue weighted by molar-refractivity contribution is 5.76. The Morgan fingerprint density at radius 1 is 1.50 bits per heavy atom. The van der Waals surface area contributed by atoms with Crippen molar-refractivity contribution in [1.29, 1.82) is 0 Å². The lowest BCUT2D eigenvalue weighted by Gasteiger charge is -2.26. The van der Waals surface area contributed by atoms with E-state index in [1.807, 2.05) is 24.1 Å². The van der Waals surface area contributed by atoms with Gasteiger partial charge in [0.05, 0.1) is 0 Å². The molecule has 1 saturated heterocycles. The van der Waals surface area contributed by atoms with Crippen LogP contribution in [0.2, 0.25) is 0 Å². The third-order valence-corrected chi connectivity index (χ3v) is 2.88. The molecule has 1 aliphatic rings. The molecular weight excluding hydrogens is 202 g/mol. The topological polar surface area (TPSA) is 45.2 Å². The molecule has 86 valence electrons. The van der Waals surface area contributed by atoms with Gasteiger partial charge in [0.15, 0.2) is 0 Å². The third-order valence-electron chi connectivity index (χ3n) is 2.88. The quantitative estimate of drug-likeness (QED) is 0.840. The van der Waals surface area contributed by atoms with Crippen LogP contribution in [0.1, 0.15) is 24.8 Å². The first kappa shape index (κ1) is 10.9. The molecule has 0 saturated carbocycles. The van der Waals surface area contributed by atoms with Crippen LogP contribution in [0.4, 0.5) is 5.82 Å². The largest absolute Gasteiger partial charge is 0.373 e. The van der Waals surface area contributed by atoms with E-state index in [-0.39, 0.29) is 5.91 Å². The third kappa shape index (κ3) is 2.51. The van der Waals surface area contributed by atoms with Crippen molar-refractivity contribution in [1.82, 2.24) is 9.88 Å². The number of carbonyl (C=O) groups excluding carboxylic acids is 1. The van der Waals surface area contributed by atoms with Crippen LogP contribution in [0.25, 0.3) is 0 Å². The summed E-state index contributed by atoms with van der Waals surface area (Å²) >= 11 is 0. The van der Waals surface area contributed by atoms with E-state index in [1.54, 1.807) is 6.20 Å². The Hall–Kier alpha value is -1.58. The lowest BCUT2D eigenvalue weighted by atomic mass is 10.1. The maximum absolute atomic E-state index is 11.6. The number of aromatic nitrogens is 1. The summed E-state index contributed by atoms with van der Waals surface area (Å²) in [4.78, 5) is 17.7. The molecule has 0 atom stereocenters. The van der Waals surface area contributed by atoms with Gasteiger partial charge in [0.1, 0.15) is 5.82 Å². The predicted octanol–water partition coefficient (Wildman–Crippen LogP) is 1.64. The number of nitrogens with one attached hydrogen (secondary N) is 1. The first-order chi connectivity index (χ1) is 7.79. The molecular formula is C12H17N3O. The number of amides is 1. The summed E-state index contributed by atoms with van der Waals surface area (Å²) in [5, 5.41) is 3.00. The summed E-state index contributed by atoms with van der Waals surface area (Å²) in [6, 6.07) is 3.95.